The molecule has 1 fully saturated rings. The van der Waals surface area contributed by atoms with E-state index in [1.54, 1.807) is 0 Å². The number of hydrogen-bond acceptors (Lipinski definition) is 7. The minimum Gasteiger partial charge on any atom is -0.457 e. The van der Waals surface area contributed by atoms with E-state index >= 15 is 0 Å². The summed E-state index contributed by atoms with van der Waals surface area (Å²) in [6.07, 6.45) is 8.51. The van der Waals surface area contributed by atoms with Gasteiger partial charge in [0.25, 0.3) is 0 Å². The number of nitrogens with one attached hydrogen (secondary N) is 1. The van der Waals surface area contributed by atoms with Crippen molar-refractivity contribution < 1.29 is 29.3 Å². The van der Waals surface area contributed by atoms with Crippen molar-refractivity contribution in [3.63, 3.8) is 0 Å². The van der Waals surface area contributed by atoms with Gasteiger partial charge in [-0.15, -0.1) is 0 Å². The lowest BCUT2D eigenvalue weighted by molar-refractivity contribution is -0.154. The summed E-state index contributed by atoms with van der Waals surface area (Å²) in [5.74, 6) is -0.507. The van der Waals surface area contributed by atoms with Crippen LogP contribution in [0.25, 0.3) is 0 Å². The maximum atomic E-state index is 12.3. The number of aliphatic hydroxyl groups is 2. The van der Waals surface area contributed by atoms with Gasteiger partial charge in [0.05, 0.1) is 13.2 Å². The first-order chi connectivity index (χ1) is 14.5. The van der Waals surface area contributed by atoms with Crippen LogP contribution in [0.3, 0.4) is 0 Å². The molecule has 1 heterocycles. The zero-order valence-electron chi connectivity index (χ0n) is 18.8. The number of hydrogen-bond donors (Lipinski definition) is 3. The van der Waals surface area contributed by atoms with Crippen LogP contribution in [0.2, 0.25) is 0 Å². The first-order valence-corrected chi connectivity index (χ1v) is 11.6. The molecule has 1 saturated heterocycles. The molecule has 0 aliphatic carbocycles. The third-order valence-electron chi connectivity index (χ3n) is 5.68. The standard InChI is InChI=1S/C22H42N2O6/c1-3-4-5-6-7-8-11-19(12-13-21(27)29-20(16-25)17-26)30-22(28)23-15-18-10-9-14-24(18)2/h18-20,25-26H,3-17H2,1-2H3,(H,23,28). The number of unbranched alkanes of at least 4 members (excludes halogenated alkanes) is 5. The molecule has 1 amide bonds. The van der Waals surface area contributed by atoms with E-state index in [9.17, 15) is 9.59 Å². The number of nitrogens with zero attached hydrogens (tertiary/aromatic N) is 1. The maximum absolute atomic E-state index is 12.3. The highest BCUT2D eigenvalue weighted by Gasteiger charge is 2.23. The first-order valence-electron chi connectivity index (χ1n) is 11.6. The van der Waals surface area contributed by atoms with Gasteiger partial charge in [-0.2, -0.15) is 0 Å². The van der Waals surface area contributed by atoms with E-state index in [0.717, 1.165) is 38.6 Å². The van der Waals surface area contributed by atoms with Crippen molar-refractivity contribution in [2.45, 2.75) is 95.8 Å². The Kier molecular flexibility index (Phi) is 14.5. The molecule has 176 valence electrons. The summed E-state index contributed by atoms with van der Waals surface area (Å²) >= 11 is 0. The van der Waals surface area contributed by atoms with Gasteiger partial charge in [-0.25, -0.2) is 4.79 Å². The molecule has 0 saturated carbocycles. The van der Waals surface area contributed by atoms with Crippen LogP contribution in [-0.2, 0) is 14.3 Å². The third kappa shape index (κ3) is 11.7. The van der Waals surface area contributed by atoms with Crippen LogP contribution in [0.15, 0.2) is 0 Å². The number of ether oxygens (including phenoxy) is 2. The fourth-order valence-corrected chi connectivity index (χ4v) is 3.70. The predicted molar refractivity (Wildman–Crippen MR) is 115 cm³/mol. The summed E-state index contributed by atoms with van der Waals surface area (Å²) in [5, 5.41) is 20.9. The number of aliphatic hydroxyl groups excluding tert-OH is 2. The average molecular weight is 431 g/mol. The number of esters is 1. The molecule has 0 bridgehead atoms. The highest BCUT2D eigenvalue weighted by atomic mass is 16.6. The summed E-state index contributed by atoms with van der Waals surface area (Å²) in [7, 11) is 2.06. The van der Waals surface area contributed by atoms with Crippen molar-refractivity contribution in [3.05, 3.63) is 0 Å². The van der Waals surface area contributed by atoms with Crippen LogP contribution in [0.4, 0.5) is 4.79 Å². The molecular formula is C22H42N2O6. The number of amides is 1. The van der Waals surface area contributed by atoms with Gasteiger partial charge in [0.2, 0.25) is 0 Å². The molecule has 0 radical (unpaired) electrons. The molecule has 0 aromatic heterocycles. The zero-order valence-corrected chi connectivity index (χ0v) is 18.8. The van der Waals surface area contributed by atoms with E-state index in [1.807, 2.05) is 0 Å². The smallest absolute Gasteiger partial charge is 0.407 e. The maximum Gasteiger partial charge on any atom is 0.407 e. The summed E-state index contributed by atoms with van der Waals surface area (Å²) in [4.78, 5) is 26.5. The number of carbonyl (C=O) groups excluding carboxylic acids is 2. The number of carbonyl (C=O) groups is 2. The fraction of sp³-hybridized carbons (Fsp3) is 0.909. The van der Waals surface area contributed by atoms with Gasteiger partial charge in [-0.05, 0) is 45.7 Å². The Morgan fingerprint density at radius 3 is 2.37 bits per heavy atom. The first kappa shape index (κ1) is 26.7. The monoisotopic (exact) mass is 430 g/mol. The average Bonchev–Trinajstić information content (AvgIpc) is 3.15. The molecule has 1 aliphatic heterocycles. The molecule has 1 rings (SSSR count). The Morgan fingerprint density at radius 2 is 1.73 bits per heavy atom. The van der Waals surface area contributed by atoms with E-state index in [-0.39, 0.29) is 12.5 Å². The zero-order chi connectivity index (χ0) is 22.2. The lowest BCUT2D eigenvalue weighted by Gasteiger charge is -2.22. The van der Waals surface area contributed by atoms with Crippen molar-refractivity contribution in [2.24, 2.45) is 0 Å². The molecule has 2 atom stereocenters. The van der Waals surface area contributed by atoms with E-state index < -0.39 is 31.4 Å². The third-order valence-corrected chi connectivity index (χ3v) is 5.68. The number of rotatable bonds is 16. The van der Waals surface area contributed by atoms with Crippen LogP contribution in [0.1, 0.15) is 77.6 Å². The topological polar surface area (TPSA) is 108 Å². The molecule has 2 unspecified atom stereocenters. The normalized spacial score (nSPS) is 17.8. The van der Waals surface area contributed by atoms with Crippen LogP contribution in [0, 0.1) is 0 Å². The molecular weight excluding hydrogens is 388 g/mol. The lowest BCUT2D eigenvalue weighted by atomic mass is 10.0. The molecule has 0 aromatic carbocycles. The van der Waals surface area contributed by atoms with Crippen LogP contribution < -0.4 is 5.32 Å². The SMILES string of the molecule is CCCCCCCCC(CCC(=O)OC(CO)CO)OC(=O)NCC1CCCN1C. The van der Waals surface area contributed by atoms with E-state index in [4.69, 9.17) is 19.7 Å². The summed E-state index contributed by atoms with van der Waals surface area (Å²) in [6, 6.07) is 0.346. The second-order valence-electron chi connectivity index (χ2n) is 8.26. The largest absolute Gasteiger partial charge is 0.457 e. The second kappa shape index (κ2) is 16.3. The summed E-state index contributed by atoms with van der Waals surface area (Å²) < 4.78 is 10.6. The van der Waals surface area contributed by atoms with Crippen LogP contribution in [0.5, 0.6) is 0 Å². The van der Waals surface area contributed by atoms with Gasteiger partial charge in [-0.1, -0.05) is 39.0 Å². The van der Waals surface area contributed by atoms with Gasteiger partial charge in [0.1, 0.15) is 12.2 Å². The molecule has 8 heteroatoms. The van der Waals surface area contributed by atoms with Gasteiger partial charge in [0, 0.05) is 19.0 Å². The Bertz CT molecular complexity index is 473. The van der Waals surface area contributed by atoms with Crippen LogP contribution >= 0.6 is 0 Å². The van der Waals surface area contributed by atoms with Gasteiger partial charge in [0.15, 0.2) is 0 Å². The Hall–Kier alpha value is -1.38. The van der Waals surface area contributed by atoms with Crippen molar-refractivity contribution in [3.8, 4) is 0 Å². The number of likely N-dealkylation sites (tertiary alicyclic amines) is 1. The predicted octanol–water partition coefficient (Wildman–Crippen LogP) is 2.60. The van der Waals surface area contributed by atoms with Crippen molar-refractivity contribution in [1.29, 1.82) is 0 Å². The molecule has 3 N–H and O–H groups in total. The highest BCUT2D eigenvalue weighted by molar-refractivity contribution is 5.70. The second-order valence-corrected chi connectivity index (χ2v) is 8.26. The summed E-state index contributed by atoms with van der Waals surface area (Å²) in [5.41, 5.74) is 0. The Labute approximate surface area is 181 Å². The minimum atomic E-state index is -0.901. The molecule has 1 aliphatic rings. The van der Waals surface area contributed by atoms with E-state index in [1.165, 1.54) is 19.3 Å². The van der Waals surface area contributed by atoms with Gasteiger partial charge >= 0.3 is 12.1 Å². The van der Waals surface area contributed by atoms with Gasteiger partial charge in [-0.3, -0.25) is 4.79 Å². The fourth-order valence-electron chi connectivity index (χ4n) is 3.70. The minimum absolute atomic E-state index is 0.0790. The highest BCUT2D eigenvalue weighted by Crippen LogP contribution is 2.16. The Balaban J connectivity index is 2.41. The molecule has 0 aromatic rings. The number of likely N-dealkylation sites (N-methyl/N-ethyl adjacent to an activating group) is 1. The Morgan fingerprint density at radius 1 is 1.03 bits per heavy atom. The molecule has 30 heavy (non-hydrogen) atoms. The number of alkyl carbamates (subject to hydrolysis) is 1. The molecule has 8 nitrogen and oxygen atoms in total. The quantitative estimate of drug-likeness (QED) is 0.255. The molecule has 0 spiro atoms. The van der Waals surface area contributed by atoms with Crippen molar-refractivity contribution in [2.75, 3.05) is 33.4 Å². The van der Waals surface area contributed by atoms with Crippen molar-refractivity contribution >= 4 is 12.1 Å². The summed E-state index contributed by atoms with van der Waals surface area (Å²) in [6.45, 7) is 2.96. The van der Waals surface area contributed by atoms with Crippen LogP contribution in [-0.4, -0.2) is 78.8 Å². The van der Waals surface area contributed by atoms with Gasteiger partial charge < -0.3 is 29.9 Å². The lowest BCUT2D eigenvalue weighted by Crippen LogP contribution is -2.39. The van der Waals surface area contributed by atoms with E-state index in [0.29, 0.717) is 25.4 Å². The van der Waals surface area contributed by atoms with E-state index in [2.05, 4.69) is 24.2 Å². The van der Waals surface area contributed by atoms with Crippen molar-refractivity contribution in [1.82, 2.24) is 10.2 Å².